The third-order valence-corrected chi connectivity index (χ3v) is 3.68. The highest BCUT2D eigenvalue weighted by Crippen LogP contribution is 1.91. The fourth-order valence-electron chi connectivity index (χ4n) is 2.22. The molecule has 8 nitrogen and oxygen atoms in total. The first-order valence-electron chi connectivity index (χ1n) is 9.17. The van der Waals surface area contributed by atoms with E-state index in [1.807, 2.05) is 6.92 Å². The lowest BCUT2D eigenvalue weighted by molar-refractivity contribution is 0.0228. The summed E-state index contributed by atoms with van der Waals surface area (Å²) in [4.78, 5) is 4.23. The fourth-order valence-corrected chi connectivity index (χ4v) is 2.22. The lowest BCUT2D eigenvalue weighted by atomic mass is 10.4. The topological polar surface area (TPSA) is 83.9 Å². The number of rotatable bonds is 20. The van der Waals surface area contributed by atoms with Gasteiger partial charge in [-0.25, -0.2) is 0 Å². The highest BCUT2D eigenvalue weighted by molar-refractivity contribution is 4.57. The summed E-state index contributed by atoms with van der Waals surface area (Å²) >= 11 is 0. The van der Waals surface area contributed by atoms with Gasteiger partial charge < -0.3 is 29.2 Å². The number of aliphatic hydroxyl groups excluding tert-OH is 2. The number of ether oxygens (including phenoxy) is 4. The van der Waals surface area contributed by atoms with Crippen LogP contribution in [0.1, 0.15) is 6.92 Å². The maximum atomic E-state index is 9.06. The summed E-state index contributed by atoms with van der Waals surface area (Å²) in [5.74, 6) is 0. The Balaban J connectivity index is 3.56. The highest BCUT2D eigenvalue weighted by atomic mass is 16.5. The molecule has 0 spiro atoms. The quantitative estimate of drug-likeness (QED) is 0.274. The van der Waals surface area contributed by atoms with E-state index in [2.05, 4.69) is 9.80 Å². The summed E-state index contributed by atoms with van der Waals surface area (Å²) in [6.45, 7) is 11.0. The molecule has 0 aromatic heterocycles. The Labute approximate surface area is 152 Å². The molecule has 0 saturated heterocycles. The third kappa shape index (κ3) is 16.9. The van der Waals surface area contributed by atoms with Gasteiger partial charge in [0.05, 0.1) is 52.9 Å². The molecule has 0 aromatic rings. The van der Waals surface area contributed by atoms with Crippen LogP contribution in [0.15, 0.2) is 0 Å². The average Bonchev–Trinajstić information content (AvgIpc) is 2.61. The van der Waals surface area contributed by atoms with Gasteiger partial charge in [-0.2, -0.15) is 0 Å². The Hall–Kier alpha value is -0.320. The van der Waals surface area contributed by atoms with Gasteiger partial charge >= 0.3 is 0 Å². The second-order valence-electron chi connectivity index (χ2n) is 5.54. The van der Waals surface area contributed by atoms with Crippen LogP contribution in [0.3, 0.4) is 0 Å². The van der Waals surface area contributed by atoms with Gasteiger partial charge in [0.1, 0.15) is 0 Å². The lowest BCUT2D eigenvalue weighted by Crippen LogP contribution is -2.34. The molecular weight excluding hydrogens is 328 g/mol. The van der Waals surface area contributed by atoms with Crippen LogP contribution in [0.25, 0.3) is 0 Å². The summed E-state index contributed by atoms with van der Waals surface area (Å²) in [5.41, 5.74) is 0. The molecule has 0 aliphatic heterocycles. The van der Waals surface area contributed by atoms with Crippen LogP contribution in [-0.2, 0) is 18.9 Å². The minimum absolute atomic E-state index is 0.139. The van der Waals surface area contributed by atoms with E-state index in [0.29, 0.717) is 59.3 Å². The number of hydrogen-bond acceptors (Lipinski definition) is 8. The average molecular weight is 366 g/mol. The Bertz CT molecular complexity index is 261. The lowest BCUT2D eigenvalue weighted by Gasteiger charge is -2.21. The maximum absolute atomic E-state index is 9.06. The molecule has 2 N–H and O–H groups in total. The highest BCUT2D eigenvalue weighted by Gasteiger charge is 2.05. The minimum atomic E-state index is 0.139. The fraction of sp³-hybridized carbons (Fsp3) is 1.00. The molecular formula is C17H38N2O6. The van der Waals surface area contributed by atoms with Crippen molar-refractivity contribution in [1.29, 1.82) is 0 Å². The van der Waals surface area contributed by atoms with Gasteiger partial charge in [-0.15, -0.1) is 0 Å². The summed E-state index contributed by atoms with van der Waals surface area (Å²) in [5, 5.41) is 18.1. The Kier molecular flexibility index (Phi) is 19.7. The number of methoxy groups -OCH3 is 1. The predicted molar refractivity (Wildman–Crippen MR) is 97.1 cm³/mol. The first-order chi connectivity index (χ1) is 12.3. The van der Waals surface area contributed by atoms with E-state index in [1.54, 1.807) is 7.11 Å². The molecule has 0 radical (unpaired) electrons. The maximum Gasteiger partial charge on any atom is 0.0701 e. The number of nitrogens with zero attached hydrogens (tertiary/aromatic N) is 2. The predicted octanol–water partition coefficient (Wildman–Crippen LogP) is -0.709. The summed E-state index contributed by atoms with van der Waals surface area (Å²) in [6.07, 6.45) is 0. The van der Waals surface area contributed by atoms with Crippen molar-refractivity contribution in [3.05, 3.63) is 0 Å². The van der Waals surface area contributed by atoms with Crippen molar-refractivity contribution in [2.45, 2.75) is 6.92 Å². The molecule has 0 atom stereocenters. The molecule has 0 aliphatic carbocycles. The molecule has 0 aromatic carbocycles. The van der Waals surface area contributed by atoms with E-state index < -0.39 is 0 Å². The number of hydrogen-bond donors (Lipinski definition) is 2. The van der Waals surface area contributed by atoms with Gasteiger partial charge in [-0.1, -0.05) is 0 Å². The van der Waals surface area contributed by atoms with Crippen LogP contribution in [-0.4, -0.2) is 126 Å². The Morgan fingerprint density at radius 2 is 1.04 bits per heavy atom. The zero-order valence-electron chi connectivity index (χ0n) is 16.0. The van der Waals surface area contributed by atoms with E-state index in [-0.39, 0.29) is 13.2 Å². The second-order valence-corrected chi connectivity index (χ2v) is 5.54. The summed E-state index contributed by atoms with van der Waals surface area (Å²) in [7, 11) is 1.67. The second kappa shape index (κ2) is 20.0. The molecule has 25 heavy (non-hydrogen) atoms. The first-order valence-corrected chi connectivity index (χ1v) is 9.17. The van der Waals surface area contributed by atoms with Crippen LogP contribution in [0.2, 0.25) is 0 Å². The molecule has 0 heterocycles. The van der Waals surface area contributed by atoms with Crippen molar-refractivity contribution in [2.75, 3.05) is 106 Å². The van der Waals surface area contributed by atoms with E-state index in [1.165, 1.54) is 0 Å². The molecule has 0 saturated carbocycles. The summed E-state index contributed by atoms with van der Waals surface area (Å²) < 4.78 is 21.5. The smallest absolute Gasteiger partial charge is 0.0701 e. The first kappa shape index (κ1) is 24.7. The van der Waals surface area contributed by atoms with Crippen molar-refractivity contribution in [3.8, 4) is 0 Å². The van der Waals surface area contributed by atoms with Crippen LogP contribution in [0, 0.1) is 0 Å². The van der Waals surface area contributed by atoms with Crippen molar-refractivity contribution in [1.82, 2.24) is 9.80 Å². The van der Waals surface area contributed by atoms with E-state index in [4.69, 9.17) is 29.2 Å². The SMILES string of the molecule is CCOCCN(CCO)CCOCCOCCN(CCO)CCOC. The van der Waals surface area contributed by atoms with E-state index >= 15 is 0 Å². The molecule has 0 unspecified atom stereocenters. The normalized spacial score (nSPS) is 11.8. The van der Waals surface area contributed by atoms with E-state index in [0.717, 1.165) is 26.2 Å². The molecule has 0 bridgehead atoms. The standard InChI is InChI=1S/C17H38N2O6/c1-3-23-13-7-19(5-11-21)9-15-25-17-16-24-14-8-18(4-10-20)6-12-22-2/h20-21H,3-17H2,1-2H3. The summed E-state index contributed by atoms with van der Waals surface area (Å²) in [6, 6.07) is 0. The largest absolute Gasteiger partial charge is 0.395 e. The minimum Gasteiger partial charge on any atom is -0.395 e. The van der Waals surface area contributed by atoms with Crippen LogP contribution >= 0.6 is 0 Å². The zero-order chi connectivity index (χ0) is 18.6. The molecule has 0 amide bonds. The molecule has 0 rings (SSSR count). The molecule has 152 valence electrons. The van der Waals surface area contributed by atoms with Crippen molar-refractivity contribution >= 4 is 0 Å². The van der Waals surface area contributed by atoms with Crippen molar-refractivity contribution in [2.24, 2.45) is 0 Å². The van der Waals surface area contributed by atoms with Gasteiger partial charge in [0.2, 0.25) is 0 Å². The Morgan fingerprint density at radius 1 is 0.600 bits per heavy atom. The molecule has 8 heteroatoms. The zero-order valence-corrected chi connectivity index (χ0v) is 16.0. The van der Waals surface area contributed by atoms with Crippen LogP contribution in [0.4, 0.5) is 0 Å². The molecule has 0 aliphatic rings. The van der Waals surface area contributed by atoms with Crippen LogP contribution in [0.5, 0.6) is 0 Å². The van der Waals surface area contributed by atoms with Crippen LogP contribution < -0.4 is 0 Å². The molecule has 0 fully saturated rings. The van der Waals surface area contributed by atoms with Gasteiger partial charge in [0.25, 0.3) is 0 Å². The van der Waals surface area contributed by atoms with Gasteiger partial charge in [-0.3, -0.25) is 9.80 Å². The van der Waals surface area contributed by atoms with E-state index in [9.17, 15) is 0 Å². The monoisotopic (exact) mass is 366 g/mol. The third-order valence-electron chi connectivity index (χ3n) is 3.68. The van der Waals surface area contributed by atoms with Crippen molar-refractivity contribution in [3.63, 3.8) is 0 Å². The Morgan fingerprint density at radius 3 is 1.44 bits per heavy atom. The number of aliphatic hydroxyl groups is 2. The van der Waals surface area contributed by atoms with Gasteiger partial charge in [0.15, 0.2) is 0 Å². The van der Waals surface area contributed by atoms with Crippen molar-refractivity contribution < 1.29 is 29.2 Å². The van der Waals surface area contributed by atoms with Gasteiger partial charge in [0, 0.05) is 53.0 Å². The van der Waals surface area contributed by atoms with Gasteiger partial charge in [-0.05, 0) is 6.92 Å².